The monoisotopic (exact) mass is 288 g/mol. The first-order chi connectivity index (χ1) is 9.66. The lowest BCUT2D eigenvalue weighted by Gasteiger charge is -2.26. The topological polar surface area (TPSA) is 51.0 Å². The quantitative estimate of drug-likeness (QED) is 0.805. The Morgan fingerprint density at radius 1 is 1.40 bits per heavy atom. The Bertz CT molecular complexity index is 640. The lowest BCUT2D eigenvalue weighted by molar-refractivity contribution is 0.0683. The van der Waals surface area contributed by atoms with Crippen LogP contribution in [0.5, 0.6) is 0 Å². The number of carbonyl (C=O) groups is 1. The molecule has 1 atom stereocenters. The molecular formula is C14H16N4OS. The van der Waals surface area contributed by atoms with Crippen molar-refractivity contribution in [2.45, 2.75) is 24.4 Å². The zero-order chi connectivity index (χ0) is 14.1. The van der Waals surface area contributed by atoms with E-state index in [4.69, 9.17) is 0 Å². The van der Waals surface area contributed by atoms with Gasteiger partial charge in [0.05, 0.1) is 6.20 Å². The molecule has 0 spiro atoms. The third-order valence-electron chi connectivity index (χ3n) is 3.52. The van der Waals surface area contributed by atoms with Gasteiger partial charge in [0.25, 0.3) is 5.91 Å². The Kier molecular flexibility index (Phi) is 3.48. The largest absolute Gasteiger partial charge is 0.329 e. The smallest absolute Gasteiger partial charge is 0.274 e. The Balaban J connectivity index is 1.93. The van der Waals surface area contributed by atoms with E-state index < -0.39 is 0 Å². The fraction of sp³-hybridized carbons (Fsp3) is 0.357. The van der Waals surface area contributed by atoms with Gasteiger partial charge in [0.1, 0.15) is 5.69 Å². The van der Waals surface area contributed by atoms with Gasteiger partial charge in [-0.1, -0.05) is 23.4 Å². The maximum absolute atomic E-state index is 12.7. The predicted molar refractivity (Wildman–Crippen MR) is 77.5 cm³/mol. The number of hydrogen-bond acceptors (Lipinski definition) is 4. The fourth-order valence-corrected chi connectivity index (χ4v) is 3.41. The Hall–Kier alpha value is -1.82. The summed E-state index contributed by atoms with van der Waals surface area (Å²) in [6, 6.07) is 8.44. The zero-order valence-corrected chi connectivity index (χ0v) is 12.3. The number of hydrogen-bond donors (Lipinski definition) is 0. The molecule has 0 N–H and O–H groups in total. The summed E-state index contributed by atoms with van der Waals surface area (Å²) in [7, 11) is 1.74. The molecule has 1 aliphatic rings. The molecule has 1 aromatic heterocycles. The van der Waals surface area contributed by atoms with Gasteiger partial charge in [-0.05, 0) is 18.6 Å². The molecule has 0 saturated heterocycles. The van der Waals surface area contributed by atoms with Gasteiger partial charge in [0.15, 0.2) is 0 Å². The van der Waals surface area contributed by atoms with Crippen LogP contribution in [0.4, 0.5) is 0 Å². The molecule has 0 aliphatic carbocycles. The van der Waals surface area contributed by atoms with Crippen molar-refractivity contribution < 1.29 is 4.79 Å². The molecule has 0 fully saturated rings. The third-order valence-corrected chi connectivity index (χ3v) is 4.88. The summed E-state index contributed by atoms with van der Waals surface area (Å²) in [5, 5.41) is 7.63. The highest BCUT2D eigenvalue weighted by molar-refractivity contribution is 7.99. The number of fused-ring (bicyclic) bond motifs is 1. The summed E-state index contributed by atoms with van der Waals surface area (Å²) in [6.07, 6.45) is 1.53. The standard InChI is InChI=1S/C14H16N4OS/c1-10-9-20-13-6-4-3-5-11(13)8-18(10)14(19)12-7-15-16-17(12)2/h3-7,10H,8-9H2,1-2H3. The van der Waals surface area contributed by atoms with Crippen molar-refractivity contribution in [2.24, 2.45) is 7.05 Å². The Labute approximate surface area is 122 Å². The molecule has 104 valence electrons. The van der Waals surface area contributed by atoms with Gasteiger partial charge in [0, 0.05) is 30.3 Å². The van der Waals surface area contributed by atoms with Crippen molar-refractivity contribution in [1.82, 2.24) is 19.9 Å². The Morgan fingerprint density at radius 2 is 2.20 bits per heavy atom. The van der Waals surface area contributed by atoms with Crippen LogP contribution >= 0.6 is 11.8 Å². The van der Waals surface area contributed by atoms with Gasteiger partial charge in [0.2, 0.25) is 0 Å². The number of thioether (sulfide) groups is 1. The summed E-state index contributed by atoms with van der Waals surface area (Å²) in [4.78, 5) is 15.8. The van der Waals surface area contributed by atoms with Crippen LogP contribution in [0.15, 0.2) is 35.4 Å². The molecule has 0 saturated carbocycles. The molecule has 6 heteroatoms. The number of benzene rings is 1. The summed E-state index contributed by atoms with van der Waals surface area (Å²) in [6.45, 7) is 2.72. The molecule has 1 aromatic carbocycles. The summed E-state index contributed by atoms with van der Waals surface area (Å²) in [5.41, 5.74) is 1.73. The molecule has 3 rings (SSSR count). The minimum absolute atomic E-state index is 0.0118. The molecule has 0 bridgehead atoms. The van der Waals surface area contributed by atoms with Crippen molar-refractivity contribution in [3.63, 3.8) is 0 Å². The lowest BCUT2D eigenvalue weighted by Crippen LogP contribution is -2.39. The van der Waals surface area contributed by atoms with E-state index in [1.807, 2.05) is 28.8 Å². The highest BCUT2D eigenvalue weighted by Crippen LogP contribution is 2.30. The second-order valence-corrected chi connectivity index (χ2v) is 6.01. The average Bonchev–Trinajstić information content (AvgIpc) is 2.80. The van der Waals surface area contributed by atoms with Gasteiger partial charge in [-0.15, -0.1) is 16.9 Å². The first kappa shape index (κ1) is 13.2. The molecule has 2 aromatic rings. The second kappa shape index (κ2) is 5.28. The Morgan fingerprint density at radius 3 is 2.95 bits per heavy atom. The summed E-state index contributed by atoms with van der Waals surface area (Å²) < 4.78 is 1.53. The van der Waals surface area contributed by atoms with Crippen molar-refractivity contribution >= 4 is 17.7 Å². The van der Waals surface area contributed by atoms with E-state index in [9.17, 15) is 4.79 Å². The van der Waals surface area contributed by atoms with Crippen LogP contribution in [0.3, 0.4) is 0 Å². The lowest BCUT2D eigenvalue weighted by atomic mass is 10.2. The highest BCUT2D eigenvalue weighted by Gasteiger charge is 2.27. The van der Waals surface area contributed by atoms with Crippen molar-refractivity contribution in [3.05, 3.63) is 41.7 Å². The summed E-state index contributed by atoms with van der Waals surface area (Å²) in [5.74, 6) is 0.885. The van der Waals surface area contributed by atoms with Crippen molar-refractivity contribution in [3.8, 4) is 0 Å². The van der Waals surface area contributed by atoms with E-state index in [1.165, 1.54) is 21.3 Å². The first-order valence-electron chi connectivity index (χ1n) is 6.53. The number of carbonyl (C=O) groups excluding carboxylic acids is 1. The molecule has 0 radical (unpaired) electrons. The van der Waals surface area contributed by atoms with E-state index in [0.29, 0.717) is 12.2 Å². The molecule has 1 unspecified atom stereocenters. The molecular weight excluding hydrogens is 272 g/mol. The van der Waals surface area contributed by atoms with Gasteiger partial charge < -0.3 is 4.90 Å². The van der Waals surface area contributed by atoms with Crippen LogP contribution in [0.25, 0.3) is 0 Å². The van der Waals surface area contributed by atoms with Crippen LogP contribution in [-0.2, 0) is 13.6 Å². The highest BCUT2D eigenvalue weighted by atomic mass is 32.2. The van der Waals surface area contributed by atoms with Crippen molar-refractivity contribution in [2.75, 3.05) is 5.75 Å². The number of aryl methyl sites for hydroxylation is 1. The number of amides is 1. The van der Waals surface area contributed by atoms with Crippen LogP contribution in [-0.4, -0.2) is 37.6 Å². The normalized spacial score (nSPS) is 18.5. The summed E-state index contributed by atoms with van der Waals surface area (Å²) >= 11 is 1.81. The van der Waals surface area contributed by atoms with E-state index >= 15 is 0 Å². The minimum atomic E-state index is -0.0118. The molecule has 1 aliphatic heterocycles. The SMILES string of the molecule is CC1CSc2ccccc2CN1C(=O)c1cnnn1C. The van der Waals surface area contributed by atoms with E-state index in [-0.39, 0.29) is 11.9 Å². The van der Waals surface area contributed by atoms with Crippen LogP contribution < -0.4 is 0 Å². The van der Waals surface area contributed by atoms with Gasteiger partial charge in [-0.2, -0.15) is 0 Å². The van der Waals surface area contributed by atoms with Crippen LogP contribution in [0.1, 0.15) is 23.0 Å². The molecule has 2 heterocycles. The zero-order valence-electron chi connectivity index (χ0n) is 11.5. The van der Waals surface area contributed by atoms with Crippen LogP contribution in [0, 0.1) is 0 Å². The minimum Gasteiger partial charge on any atom is -0.329 e. The van der Waals surface area contributed by atoms with Gasteiger partial charge >= 0.3 is 0 Å². The predicted octanol–water partition coefficient (Wildman–Crippen LogP) is 1.95. The second-order valence-electron chi connectivity index (χ2n) is 4.94. The third kappa shape index (κ3) is 2.31. The average molecular weight is 288 g/mol. The number of nitrogens with zero attached hydrogens (tertiary/aromatic N) is 4. The van der Waals surface area contributed by atoms with Crippen molar-refractivity contribution in [1.29, 1.82) is 0 Å². The fourth-order valence-electron chi connectivity index (χ4n) is 2.32. The van der Waals surface area contributed by atoms with Crippen LogP contribution in [0.2, 0.25) is 0 Å². The van der Waals surface area contributed by atoms with E-state index in [0.717, 1.165) is 5.75 Å². The number of rotatable bonds is 1. The van der Waals surface area contributed by atoms with Gasteiger partial charge in [-0.25, -0.2) is 4.68 Å². The first-order valence-corrected chi connectivity index (χ1v) is 7.51. The molecule has 20 heavy (non-hydrogen) atoms. The maximum atomic E-state index is 12.7. The van der Waals surface area contributed by atoms with E-state index in [1.54, 1.807) is 7.05 Å². The molecule has 5 nitrogen and oxygen atoms in total. The maximum Gasteiger partial charge on any atom is 0.274 e. The number of aromatic nitrogens is 3. The van der Waals surface area contributed by atoms with E-state index in [2.05, 4.69) is 29.4 Å². The van der Waals surface area contributed by atoms with Gasteiger partial charge in [-0.3, -0.25) is 4.79 Å². The molecule has 1 amide bonds.